The second-order valence-electron chi connectivity index (χ2n) is 5.47. The van der Waals surface area contributed by atoms with Gasteiger partial charge in [-0.15, -0.1) is 0 Å². The lowest BCUT2D eigenvalue weighted by Crippen LogP contribution is -2.22. The molecule has 2 N–H and O–H groups in total. The van der Waals surface area contributed by atoms with Crippen molar-refractivity contribution >= 4 is 11.6 Å². The summed E-state index contributed by atoms with van der Waals surface area (Å²) in [6.07, 6.45) is 0. The van der Waals surface area contributed by atoms with Gasteiger partial charge >= 0.3 is 0 Å². The molecule has 2 rings (SSSR count). The third-order valence-corrected chi connectivity index (χ3v) is 3.93. The molecule has 1 unspecified atom stereocenters. The first kappa shape index (κ1) is 16.6. The summed E-state index contributed by atoms with van der Waals surface area (Å²) in [7, 11) is 1.91. The molecular weight excluding hydrogens is 294 g/mol. The molecular formula is C17H19N3O3. The molecule has 0 aliphatic heterocycles. The summed E-state index contributed by atoms with van der Waals surface area (Å²) in [5.74, 6) is -0.675. The molecule has 0 fully saturated rings. The zero-order chi connectivity index (χ0) is 17.0. The number of nitro groups is 1. The molecule has 0 aliphatic rings. The molecule has 0 heterocycles. The molecule has 0 aromatic heterocycles. The van der Waals surface area contributed by atoms with Crippen LogP contribution in [0.15, 0.2) is 48.5 Å². The highest BCUT2D eigenvalue weighted by Crippen LogP contribution is 2.25. The van der Waals surface area contributed by atoms with E-state index in [4.69, 9.17) is 5.73 Å². The van der Waals surface area contributed by atoms with Crippen LogP contribution in [0.1, 0.15) is 34.5 Å². The number of carbonyl (C=O) groups is 1. The molecule has 0 saturated heterocycles. The summed E-state index contributed by atoms with van der Waals surface area (Å²) in [5.41, 5.74) is 6.91. The highest BCUT2D eigenvalue weighted by atomic mass is 16.6. The molecule has 0 spiro atoms. The van der Waals surface area contributed by atoms with Gasteiger partial charge in [-0.3, -0.25) is 19.8 Å². The fraction of sp³-hybridized carbons (Fsp3) is 0.235. The summed E-state index contributed by atoms with van der Waals surface area (Å²) in [6.45, 7) is 2.43. The molecule has 1 atom stereocenters. The van der Waals surface area contributed by atoms with E-state index in [1.165, 1.54) is 12.1 Å². The topological polar surface area (TPSA) is 89.5 Å². The van der Waals surface area contributed by atoms with Crippen LogP contribution >= 0.6 is 0 Å². The molecule has 2 aromatic carbocycles. The van der Waals surface area contributed by atoms with Crippen LogP contribution < -0.4 is 5.73 Å². The van der Waals surface area contributed by atoms with Crippen molar-refractivity contribution in [1.82, 2.24) is 4.90 Å². The van der Waals surface area contributed by atoms with Crippen LogP contribution in [-0.2, 0) is 6.54 Å². The van der Waals surface area contributed by atoms with E-state index in [1.807, 2.05) is 49.2 Å². The lowest BCUT2D eigenvalue weighted by molar-refractivity contribution is -0.385. The Hall–Kier alpha value is -2.73. The average molecular weight is 313 g/mol. The second kappa shape index (κ2) is 7.02. The van der Waals surface area contributed by atoms with Crippen LogP contribution in [0, 0.1) is 10.1 Å². The van der Waals surface area contributed by atoms with Crippen LogP contribution in [0.25, 0.3) is 0 Å². The number of nitrogens with two attached hydrogens (primary N) is 1. The fourth-order valence-electron chi connectivity index (χ4n) is 2.41. The lowest BCUT2D eigenvalue weighted by Gasteiger charge is -2.25. The van der Waals surface area contributed by atoms with Gasteiger partial charge in [-0.05, 0) is 25.6 Å². The second-order valence-corrected chi connectivity index (χ2v) is 5.47. The number of carbonyl (C=O) groups excluding carboxylic acids is 1. The molecule has 1 amide bonds. The largest absolute Gasteiger partial charge is 0.366 e. The first-order valence-corrected chi connectivity index (χ1v) is 7.22. The maximum absolute atomic E-state index is 11.3. The predicted molar refractivity (Wildman–Crippen MR) is 87.9 cm³/mol. The SMILES string of the molecule is CC(c1ccccc1)N(C)Cc1ccc(C(N)=O)cc1[N+](=O)[O-]. The monoisotopic (exact) mass is 313 g/mol. The van der Waals surface area contributed by atoms with E-state index < -0.39 is 10.8 Å². The maximum Gasteiger partial charge on any atom is 0.274 e. The number of hydrogen-bond donors (Lipinski definition) is 1. The normalized spacial score (nSPS) is 12.1. The Morgan fingerprint density at radius 1 is 1.26 bits per heavy atom. The fourth-order valence-corrected chi connectivity index (χ4v) is 2.41. The number of nitrogens with zero attached hydrogens (tertiary/aromatic N) is 2. The molecule has 2 aromatic rings. The molecule has 0 aliphatic carbocycles. The number of rotatable bonds is 6. The van der Waals surface area contributed by atoms with Gasteiger partial charge in [0, 0.05) is 29.8 Å². The minimum absolute atomic E-state index is 0.0894. The van der Waals surface area contributed by atoms with Crippen LogP contribution in [0.5, 0.6) is 0 Å². The Balaban J connectivity index is 2.25. The molecule has 0 radical (unpaired) electrons. The van der Waals surface area contributed by atoms with Gasteiger partial charge in [0.15, 0.2) is 0 Å². The number of hydrogen-bond acceptors (Lipinski definition) is 4. The van der Waals surface area contributed by atoms with E-state index >= 15 is 0 Å². The Morgan fingerprint density at radius 2 is 1.91 bits per heavy atom. The van der Waals surface area contributed by atoms with Gasteiger partial charge < -0.3 is 5.73 Å². The summed E-state index contributed by atoms with van der Waals surface area (Å²) in [6, 6.07) is 14.4. The first-order valence-electron chi connectivity index (χ1n) is 7.22. The smallest absolute Gasteiger partial charge is 0.274 e. The van der Waals surface area contributed by atoms with Gasteiger partial charge in [0.05, 0.1) is 4.92 Å². The first-order chi connectivity index (χ1) is 10.9. The minimum atomic E-state index is -0.675. The maximum atomic E-state index is 11.3. The molecule has 0 saturated carbocycles. The number of amides is 1. The zero-order valence-corrected chi connectivity index (χ0v) is 13.1. The Bertz CT molecular complexity index is 716. The van der Waals surface area contributed by atoms with Crippen molar-refractivity contribution in [2.75, 3.05) is 7.05 Å². The van der Waals surface area contributed by atoms with Crippen molar-refractivity contribution < 1.29 is 9.72 Å². The van der Waals surface area contributed by atoms with Gasteiger partial charge in [-0.25, -0.2) is 0 Å². The third kappa shape index (κ3) is 3.92. The Morgan fingerprint density at radius 3 is 2.48 bits per heavy atom. The average Bonchev–Trinajstić information content (AvgIpc) is 2.54. The third-order valence-electron chi connectivity index (χ3n) is 3.93. The van der Waals surface area contributed by atoms with Crippen molar-refractivity contribution in [2.45, 2.75) is 19.5 Å². The van der Waals surface area contributed by atoms with Gasteiger partial charge in [0.1, 0.15) is 0 Å². The summed E-state index contributed by atoms with van der Waals surface area (Å²) < 4.78 is 0. The highest BCUT2D eigenvalue weighted by Gasteiger charge is 2.20. The highest BCUT2D eigenvalue weighted by molar-refractivity contribution is 5.93. The van der Waals surface area contributed by atoms with E-state index in [0.717, 1.165) is 5.56 Å². The van der Waals surface area contributed by atoms with Crippen LogP contribution in [-0.4, -0.2) is 22.8 Å². The van der Waals surface area contributed by atoms with Gasteiger partial charge in [0.2, 0.25) is 5.91 Å². The summed E-state index contributed by atoms with van der Waals surface area (Å²) in [5, 5.41) is 11.3. The van der Waals surface area contributed by atoms with Crippen molar-refractivity contribution in [3.05, 3.63) is 75.3 Å². The minimum Gasteiger partial charge on any atom is -0.366 e. The van der Waals surface area contributed by atoms with Crippen molar-refractivity contribution in [3.63, 3.8) is 0 Å². The Kier molecular flexibility index (Phi) is 5.08. The van der Waals surface area contributed by atoms with E-state index in [9.17, 15) is 14.9 Å². The summed E-state index contributed by atoms with van der Waals surface area (Å²) in [4.78, 5) is 24.0. The molecule has 6 nitrogen and oxygen atoms in total. The van der Waals surface area contributed by atoms with Crippen molar-refractivity contribution in [1.29, 1.82) is 0 Å². The van der Waals surface area contributed by atoms with Crippen molar-refractivity contribution in [3.8, 4) is 0 Å². The van der Waals surface area contributed by atoms with Crippen molar-refractivity contribution in [2.24, 2.45) is 5.73 Å². The number of primary amides is 1. The lowest BCUT2D eigenvalue weighted by atomic mass is 10.0. The number of nitro benzene ring substituents is 1. The van der Waals surface area contributed by atoms with E-state index in [0.29, 0.717) is 12.1 Å². The quantitative estimate of drug-likeness (QED) is 0.656. The standard InChI is InChI=1S/C17H19N3O3/c1-12(13-6-4-3-5-7-13)19(2)11-15-9-8-14(17(18)21)10-16(15)20(22)23/h3-10,12H,11H2,1-2H3,(H2,18,21). The zero-order valence-electron chi connectivity index (χ0n) is 13.1. The molecule has 0 bridgehead atoms. The molecule has 23 heavy (non-hydrogen) atoms. The molecule has 6 heteroatoms. The van der Waals surface area contributed by atoms with E-state index in [-0.39, 0.29) is 17.3 Å². The van der Waals surface area contributed by atoms with Crippen LogP contribution in [0.3, 0.4) is 0 Å². The number of benzene rings is 2. The van der Waals surface area contributed by atoms with Crippen LogP contribution in [0.2, 0.25) is 0 Å². The van der Waals surface area contributed by atoms with Crippen LogP contribution in [0.4, 0.5) is 5.69 Å². The van der Waals surface area contributed by atoms with E-state index in [2.05, 4.69) is 0 Å². The predicted octanol–water partition coefficient (Wildman–Crippen LogP) is 2.89. The van der Waals surface area contributed by atoms with E-state index in [1.54, 1.807) is 6.07 Å². The van der Waals surface area contributed by atoms with Gasteiger partial charge in [-0.1, -0.05) is 36.4 Å². The summed E-state index contributed by atoms with van der Waals surface area (Å²) >= 11 is 0. The van der Waals surface area contributed by atoms with Gasteiger partial charge in [0.25, 0.3) is 5.69 Å². The molecule has 120 valence electrons. The Labute approximate surface area is 134 Å². The van der Waals surface area contributed by atoms with Gasteiger partial charge in [-0.2, -0.15) is 0 Å².